The molecule has 0 unspecified atom stereocenters. The summed E-state index contributed by atoms with van der Waals surface area (Å²) < 4.78 is 0. The van der Waals surface area contributed by atoms with E-state index in [2.05, 4.69) is 24.9 Å². The number of aromatic nitrogens is 1. The van der Waals surface area contributed by atoms with Gasteiger partial charge in [0.1, 0.15) is 0 Å². The lowest BCUT2D eigenvalue weighted by Crippen LogP contribution is -1.86. The first-order valence-corrected chi connectivity index (χ1v) is 5.15. The fraction of sp³-hybridized carbons (Fsp3) is 0.300. The Morgan fingerprint density at radius 3 is 2.85 bits per heavy atom. The number of allylic oxidation sites excluding steroid dienone is 1. The Morgan fingerprint density at radius 2 is 2.31 bits per heavy atom. The minimum absolute atomic E-state index is 0.714. The van der Waals surface area contributed by atoms with Gasteiger partial charge in [-0.3, -0.25) is 0 Å². The van der Waals surface area contributed by atoms with E-state index in [1.165, 1.54) is 5.57 Å². The van der Waals surface area contributed by atoms with Gasteiger partial charge in [0.15, 0.2) is 0 Å². The predicted molar refractivity (Wildman–Crippen MR) is 58.8 cm³/mol. The summed E-state index contributed by atoms with van der Waals surface area (Å²) in [5.41, 5.74) is 7.57. The zero-order valence-corrected chi connectivity index (χ0v) is 8.77. The lowest BCUT2D eigenvalue weighted by atomic mass is 10.3. The Balaban J connectivity index is 2.46. The van der Waals surface area contributed by atoms with Crippen LogP contribution in [0.5, 0.6) is 0 Å². The number of thioether (sulfide) groups is 1. The fourth-order valence-corrected chi connectivity index (χ4v) is 1.65. The molecule has 0 fully saturated rings. The molecule has 0 amide bonds. The predicted octanol–water partition coefficient (Wildman–Crippen LogP) is 2.72. The van der Waals surface area contributed by atoms with Gasteiger partial charge in [0.2, 0.25) is 0 Å². The highest BCUT2D eigenvalue weighted by atomic mass is 32.2. The van der Waals surface area contributed by atoms with Crippen molar-refractivity contribution in [2.24, 2.45) is 0 Å². The standard InChI is InChI=1S/C10H14N2S/c1-8(2)5-6-13-10-4-3-9(11)7-12-10/h3-5,7H,6,11H2,1-2H3. The van der Waals surface area contributed by atoms with Gasteiger partial charge in [-0.05, 0) is 26.0 Å². The Kier molecular flexibility index (Phi) is 3.83. The molecule has 1 aromatic rings. The largest absolute Gasteiger partial charge is 0.397 e. The molecular formula is C10H14N2S. The van der Waals surface area contributed by atoms with Crippen molar-refractivity contribution >= 4 is 17.4 Å². The van der Waals surface area contributed by atoms with E-state index in [1.807, 2.05) is 12.1 Å². The second-order valence-corrected chi connectivity index (χ2v) is 4.06. The molecule has 0 aliphatic rings. The zero-order chi connectivity index (χ0) is 9.68. The molecule has 0 aromatic carbocycles. The van der Waals surface area contributed by atoms with E-state index >= 15 is 0 Å². The highest BCUT2D eigenvalue weighted by molar-refractivity contribution is 7.99. The van der Waals surface area contributed by atoms with Gasteiger partial charge in [-0.15, -0.1) is 11.8 Å². The van der Waals surface area contributed by atoms with E-state index in [9.17, 15) is 0 Å². The second kappa shape index (κ2) is 4.92. The number of rotatable bonds is 3. The summed E-state index contributed by atoms with van der Waals surface area (Å²) in [6, 6.07) is 3.82. The number of nitrogens with zero attached hydrogens (tertiary/aromatic N) is 1. The van der Waals surface area contributed by atoms with Crippen LogP contribution in [0.25, 0.3) is 0 Å². The number of hydrogen-bond acceptors (Lipinski definition) is 3. The topological polar surface area (TPSA) is 38.9 Å². The minimum Gasteiger partial charge on any atom is -0.397 e. The van der Waals surface area contributed by atoms with Crippen LogP contribution in [0.1, 0.15) is 13.8 Å². The summed E-state index contributed by atoms with van der Waals surface area (Å²) in [6.07, 6.45) is 3.87. The van der Waals surface area contributed by atoms with Gasteiger partial charge in [-0.1, -0.05) is 11.6 Å². The van der Waals surface area contributed by atoms with Crippen molar-refractivity contribution in [3.05, 3.63) is 30.0 Å². The highest BCUT2D eigenvalue weighted by Gasteiger charge is 1.92. The second-order valence-electron chi connectivity index (χ2n) is 3.02. The molecule has 0 aliphatic carbocycles. The molecule has 2 N–H and O–H groups in total. The van der Waals surface area contributed by atoms with Crippen LogP contribution in [-0.2, 0) is 0 Å². The average Bonchev–Trinajstić information content (AvgIpc) is 2.08. The molecule has 13 heavy (non-hydrogen) atoms. The van der Waals surface area contributed by atoms with Crippen molar-refractivity contribution in [1.29, 1.82) is 0 Å². The van der Waals surface area contributed by atoms with Gasteiger partial charge >= 0.3 is 0 Å². The van der Waals surface area contributed by atoms with E-state index in [4.69, 9.17) is 5.73 Å². The first-order chi connectivity index (χ1) is 6.18. The maximum absolute atomic E-state index is 5.52. The molecule has 1 rings (SSSR count). The molecule has 0 aliphatic heterocycles. The van der Waals surface area contributed by atoms with E-state index in [0.717, 1.165) is 10.8 Å². The van der Waals surface area contributed by atoms with E-state index in [-0.39, 0.29) is 0 Å². The van der Waals surface area contributed by atoms with Crippen molar-refractivity contribution < 1.29 is 0 Å². The molecule has 2 nitrogen and oxygen atoms in total. The van der Waals surface area contributed by atoms with Gasteiger partial charge in [0, 0.05) is 5.75 Å². The number of nitrogen functional groups attached to an aromatic ring is 1. The Morgan fingerprint density at radius 1 is 1.54 bits per heavy atom. The lowest BCUT2D eigenvalue weighted by molar-refractivity contribution is 1.14. The van der Waals surface area contributed by atoms with Crippen LogP contribution in [0.2, 0.25) is 0 Å². The molecule has 0 atom stereocenters. The summed E-state index contributed by atoms with van der Waals surface area (Å²) >= 11 is 1.71. The van der Waals surface area contributed by atoms with Crippen LogP contribution in [-0.4, -0.2) is 10.7 Å². The first-order valence-electron chi connectivity index (χ1n) is 4.16. The minimum atomic E-state index is 0.714. The zero-order valence-electron chi connectivity index (χ0n) is 7.95. The molecule has 1 heterocycles. The fourth-order valence-electron chi connectivity index (χ4n) is 0.771. The summed E-state index contributed by atoms with van der Waals surface area (Å²) in [5.74, 6) is 0.971. The van der Waals surface area contributed by atoms with Crippen LogP contribution in [0.4, 0.5) is 5.69 Å². The summed E-state index contributed by atoms with van der Waals surface area (Å²) in [4.78, 5) is 4.18. The normalized spacial score (nSPS) is 9.69. The number of nitrogens with two attached hydrogens (primary N) is 1. The van der Waals surface area contributed by atoms with Crippen molar-refractivity contribution in [3.8, 4) is 0 Å². The molecule has 3 heteroatoms. The maximum Gasteiger partial charge on any atom is 0.0964 e. The van der Waals surface area contributed by atoms with Crippen LogP contribution in [0, 0.1) is 0 Å². The molecule has 0 spiro atoms. The SMILES string of the molecule is CC(C)=CCSc1ccc(N)cn1. The van der Waals surface area contributed by atoms with Gasteiger partial charge < -0.3 is 5.73 Å². The number of hydrogen-bond donors (Lipinski definition) is 1. The van der Waals surface area contributed by atoms with Crippen molar-refractivity contribution in [1.82, 2.24) is 4.98 Å². The van der Waals surface area contributed by atoms with Crippen LogP contribution < -0.4 is 5.73 Å². The third-order valence-corrected chi connectivity index (χ3v) is 2.35. The third-order valence-electron chi connectivity index (χ3n) is 1.48. The number of pyridine rings is 1. The first kappa shape index (κ1) is 10.1. The Bertz CT molecular complexity index is 286. The van der Waals surface area contributed by atoms with Crippen molar-refractivity contribution in [3.63, 3.8) is 0 Å². The molecule has 70 valence electrons. The Hall–Kier alpha value is -0.960. The molecule has 0 bridgehead atoms. The smallest absolute Gasteiger partial charge is 0.0964 e. The van der Waals surface area contributed by atoms with Crippen molar-refractivity contribution in [2.45, 2.75) is 18.9 Å². The molecule has 0 saturated heterocycles. The molecule has 0 radical (unpaired) electrons. The van der Waals surface area contributed by atoms with Gasteiger partial charge in [0.25, 0.3) is 0 Å². The lowest BCUT2D eigenvalue weighted by Gasteiger charge is -1.97. The maximum atomic E-state index is 5.52. The average molecular weight is 194 g/mol. The Labute approximate surface area is 83.2 Å². The summed E-state index contributed by atoms with van der Waals surface area (Å²) in [6.45, 7) is 4.19. The third kappa shape index (κ3) is 3.99. The van der Waals surface area contributed by atoms with Gasteiger partial charge in [-0.25, -0.2) is 4.98 Å². The quantitative estimate of drug-likeness (QED) is 0.594. The summed E-state index contributed by atoms with van der Waals surface area (Å²) in [5, 5.41) is 1.02. The molecule has 1 aromatic heterocycles. The monoisotopic (exact) mass is 194 g/mol. The van der Waals surface area contributed by atoms with Gasteiger partial charge in [-0.2, -0.15) is 0 Å². The van der Waals surface area contributed by atoms with Crippen LogP contribution >= 0.6 is 11.8 Å². The van der Waals surface area contributed by atoms with Crippen LogP contribution in [0.3, 0.4) is 0 Å². The molecular weight excluding hydrogens is 180 g/mol. The van der Waals surface area contributed by atoms with E-state index < -0.39 is 0 Å². The number of anilines is 1. The summed E-state index contributed by atoms with van der Waals surface area (Å²) in [7, 11) is 0. The highest BCUT2D eigenvalue weighted by Crippen LogP contribution is 2.16. The van der Waals surface area contributed by atoms with E-state index in [0.29, 0.717) is 5.69 Å². The molecule has 0 saturated carbocycles. The van der Waals surface area contributed by atoms with Crippen LogP contribution in [0.15, 0.2) is 35.0 Å². The van der Waals surface area contributed by atoms with Crippen molar-refractivity contribution in [2.75, 3.05) is 11.5 Å². The van der Waals surface area contributed by atoms with Gasteiger partial charge in [0.05, 0.1) is 16.9 Å². The van der Waals surface area contributed by atoms with E-state index in [1.54, 1.807) is 18.0 Å².